The van der Waals surface area contributed by atoms with E-state index in [1.165, 1.54) is 44.5 Å². The van der Waals surface area contributed by atoms with Gasteiger partial charge in [-0.05, 0) is 50.6 Å². The van der Waals surface area contributed by atoms with Crippen molar-refractivity contribution in [3.05, 3.63) is 156 Å². The molecule has 1 aliphatic carbocycles. The lowest BCUT2D eigenvalue weighted by Crippen LogP contribution is -2.28. The third kappa shape index (κ3) is 2.62. The first-order valence-corrected chi connectivity index (χ1v) is 10.8. The van der Waals surface area contributed by atoms with Crippen molar-refractivity contribution in [3.8, 4) is 22.3 Å². The molecule has 0 heterocycles. The van der Waals surface area contributed by atoms with E-state index in [0.29, 0.717) is 0 Å². The molecule has 1 aliphatic rings. The molecule has 0 saturated carbocycles. The van der Waals surface area contributed by atoms with Crippen LogP contribution in [0.15, 0.2) is 133 Å². The van der Waals surface area contributed by atoms with Crippen LogP contribution in [-0.2, 0) is 5.41 Å². The minimum atomic E-state index is -0.334. The summed E-state index contributed by atoms with van der Waals surface area (Å²) in [6.07, 6.45) is 0. The highest BCUT2D eigenvalue weighted by molar-refractivity contribution is 5.86. The van der Waals surface area contributed by atoms with Crippen molar-refractivity contribution in [1.29, 1.82) is 0 Å². The van der Waals surface area contributed by atoms with Gasteiger partial charge in [-0.3, -0.25) is 0 Å². The Morgan fingerprint density at radius 2 is 0.839 bits per heavy atom. The fourth-order valence-electron chi connectivity index (χ4n) is 5.27. The van der Waals surface area contributed by atoms with E-state index in [1.807, 2.05) is 0 Å². The van der Waals surface area contributed by atoms with Gasteiger partial charge in [0.2, 0.25) is 0 Å². The number of fused-ring (bicyclic) bond motifs is 3. The molecule has 0 heteroatoms. The molecule has 0 nitrogen and oxygen atoms in total. The van der Waals surface area contributed by atoms with Crippen LogP contribution in [0, 0.1) is 0 Å². The Balaban J connectivity index is 1.72. The maximum absolute atomic E-state index is 2.38. The molecule has 0 radical (unpaired) electrons. The van der Waals surface area contributed by atoms with Crippen molar-refractivity contribution < 1.29 is 0 Å². The van der Waals surface area contributed by atoms with Gasteiger partial charge in [-0.1, -0.05) is 127 Å². The summed E-state index contributed by atoms with van der Waals surface area (Å²) in [5, 5.41) is 0. The third-order valence-electron chi connectivity index (χ3n) is 6.56. The summed E-state index contributed by atoms with van der Waals surface area (Å²) in [5.41, 5.74) is 10.1. The Bertz CT molecular complexity index is 1320. The first kappa shape index (κ1) is 17.9. The van der Waals surface area contributed by atoms with Gasteiger partial charge in [0.1, 0.15) is 0 Å². The zero-order valence-electron chi connectivity index (χ0n) is 17.2. The average molecular weight is 395 g/mol. The van der Waals surface area contributed by atoms with E-state index in [4.69, 9.17) is 0 Å². The maximum Gasteiger partial charge on any atom is 0.0713 e. The molecule has 0 unspecified atom stereocenters. The van der Waals surface area contributed by atoms with Crippen LogP contribution in [0.3, 0.4) is 0 Å². The van der Waals surface area contributed by atoms with E-state index in [1.54, 1.807) is 0 Å². The van der Waals surface area contributed by atoms with E-state index in [-0.39, 0.29) is 5.41 Å². The maximum atomic E-state index is 2.38. The standard InChI is InChI=1S/C31H22/c1-3-12-23(13-4-1)24-14-11-17-26(22-24)31(25-15-5-2-6-16-25)29-20-9-7-18-27(29)28-19-8-10-21-30(28)31/h1-22H. The molecule has 0 amide bonds. The Hall–Kier alpha value is -3.90. The Labute approximate surface area is 183 Å². The highest BCUT2D eigenvalue weighted by Crippen LogP contribution is 2.56. The second-order valence-corrected chi connectivity index (χ2v) is 8.15. The number of rotatable bonds is 3. The summed E-state index contributed by atoms with van der Waals surface area (Å²) in [5.74, 6) is 0. The molecule has 0 fully saturated rings. The third-order valence-corrected chi connectivity index (χ3v) is 6.56. The van der Waals surface area contributed by atoms with Gasteiger partial charge in [-0.15, -0.1) is 0 Å². The van der Waals surface area contributed by atoms with Crippen LogP contribution in [0.25, 0.3) is 22.3 Å². The largest absolute Gasteiger partial charge is 0.0713 e. The molecule has 0 bridgehead atoms. The van der Waals surface area contributed by atoms with Crippen molar-refractivity contribution in [2.45, 2.75) is 5.41 Å². The van der Waals surface area contributed by atoms with Gasteiger partial charge < -0.3 is 0 Å². The predicted molar refractivity (Wildman–Crippen MR) is 129 cm³/mol. The highest BCUT2D eigenvalue weighted by Gasteiger charge is 2.45. The van der Waals surface area contributed by atoms with Gasteiger partial charge in [0.15, 0.2) is 0 Å². The molecule has 0 saturated heterocycles. The second kappa shape index (κ2) is 7.11. The van der Waals surface area contributed by atoms with Crippen LogP contribution in [0.5, 0.6) is 0 Å². The zero-order valence-corrected chi connectivity index (χ0v) is 17.2. The molecule has 6 rings (SSSR count). The quantitative estimate of drug-likeness (QED) is 0.288. The summed E-state index contributed by atoms with van der Waals surface area (Å²) in [6.45, 7) is 0. The van der Waals surface area contributed by atoms with E-state index < -0.39 is 0 Å². The molecule has 0 spiro atoms. The summed E-state index contributed by atoms with van der Waals surface area (Å²) < 4.78 is 0. The predicted octanol–water partition coefficient (Wildman–Crippen LogP) is 7.72. The van der Waals surface area contributed by atoms with Gasteiger partial charge in [0.25, 0.3) is 0 Å². The lowest BCUT2D eigenvalue weighted by atomic mass is 9.67. The number of benzene rings is 5. The lowest BCUT2D eigenvalue weighted by molar-refractivity contribution is 0.769. The second-order valence-electron chi connectivity index (χ2n) is 8.15. The minimum Gasteiger partial charge on any atom is -0.0622 e. The lowest BCUT2D eigenvalue weighted by Gasteiger charge is -2.34. The molecule has 5 aromatic carbocycles. The summed E-state index contributed by atoms with van der Waals surface area (Å²) in [7, 11) is 0. The molecular weight excluding hydrogens is 372 g/mol. The fraction of sp³-hybridized carbons (Fsp3) is 0.0323. The van der Waals surface area contributed by atoms with Crippen LogP contribution in [0.2, 0.25) is 0 Å². The first-order valence-electron chi connectivity index (χ1n) is 10.8. The van der Waals surface area contributed by atoms with Crippen molar-refractivity contribution in [2.75, 3.05) is 0 Å². The Morgan fingerprint density at radius 3 is 1.48 bits per heavy atom. The van der Waals surface area contributed by atoms with Gasteiger partial charge in [-0.2, -0.15) is 0 Å². The smallest absolute Gasteiger partial charge is 0.0622 e. The fourth-order valence-corrected chi connectivity index (χ4v) is 5.27. The average Bonchev–Trinajstić information content (AvgIpc) is 3.17. The Kier molecular flexibility index (Phi) is 4.11. The van der Waals surface area contributed by atoms with Crippen molar-refractivity contribution in [1.82, 2.24) is 0 Å². The molecule has 0 aromatic heterocycles. The van der Waals surface area contributed by atoms with E-state index in [0.717, 1.165) is 0 Å². The van der Waals surface area contributed by atoms with E-state index >= 15 is 0 Å². The number of hydrogen-bond acceptors (Lipinski definition) is 0. The number of hydrogen-bond donors (Lipinski definition) is 0. The van der Waals surface area contributed by atoms with Crippen LogP contribution >= 0.6 is 0 Å². The molecule has 146 valence electrons. The summed E-state index contributed by atoms with van der Waals surface area (Å²) in [6, 6.07) is 48.5. The highest BCUT2D eigenvalue weighted by atomic mass is 14.5. The molecule has 0 aliphatic heterocycles. The molecule has 31 heavy (non-hydrogen) atoms. The van der Waals surface area contributed by atoms with Gasteiger partial charge in [0, 0.05) is 0 Å². The van der Waals surface area contributed by atoms with E-state index in [2.05, 4.69) is 133 Å². The van der Waals surface area contributed by atoms with Crippen molar-refractivity contribution >= 4 is 0 Å². The van der Waals surface area contributed by atoms with Crippen molar-refractivity contribution in [2.24, 2.45) is 0 Å². The SMILES string of the molecule is c1ccc(-c2cccc(C3(c4ccccc4)c4ccccc4-c4ccccc43)c2)cc1. The summed E-state index contributed by atoms with van der Waals surface area (Å²) >= 11 is 0. The molecule has 0 atom stereocenters. The van der Waals surface area contributed by atoms with Crippen LogP contribution in [-0.4, -0.2) is 0 Å². The van der Waals surface area contributed by atoms with Crippen LogP contribution < -0.4 is 0 Å². The normalized spacial score (nSPS) is 13.4. The summed E-state index contributed by atoms with van der Waals surface area (Å²) in [4.78, 5) is 0. The Morgan fingerprint density at radius 1 is 0.355 bits per heavy atom. The molecule has 0 N–H and O–H groups in total. The van der Waals surface area contributed by atoms with Gasteiger partial charge >= 0.3 is 0 Å². The zero-order chi connectivity index (χ0) is 20.7. The van der Waals surface area contributed by atoms with Crippen LogP contribution in [0.1, 0.15) is 22.3 Å². The van der Waals surface area contributed by atoms with Crippen molar-refractivity contribution in [3.63, 3.8) is 0 Å². The molecular formula is C31H22. The minimum absolute atomic E-state index is 0.334. The topological polar surface area (TPSA) is 0 Å². The van der Waals surface area contributed by atoms with E-state index in [9.17, 15) is 0 Å². The van der Waals surface area contributed by atoms with Gasteiger partial charge in [-0.25, -0.2) is 0 Å². The first-order chi connectivity index (χ1) is 15.4. The van der Waals surface area contributed by atoms with Gasteiger partial charge in [0.05, 0.1) is 5.41 Å². The van der Waals surface area contributed by atoms with Crippen LogP contribution in [0.4, 0.5) is 0 Å². The molecule has 5 aromatic rings. The monoisotopic (exact) mass is 394 g/mol.